The molecular weight excluding hydrogens is 490 g/mol. The molecular formula is C23H27Cl2FN2O4S. The topological polar surface area (TPSA) is 75.7 Å². The van der Waals surface area contributed by atoms with E-state index in [4.69, 9.17) is 27.9 Å². The van der Waals surface area contributed by atoms with E-state index in [9.17, 15) is 17.6 Å². The molecule has 1 N–H and O–H groups in total. The van der Waals surface area contributed by atoms with Crippen molar-refractivity contribution in [3.8, 4) is 11.5 Å². The lowest BCUT2D eigenvalue weighted by molar-refractivity contribution is -0.126. The fraction of sp³-hybridized carbons (Fsp3) is 0.435. The summed E-state index contributed by atoms with van der Waals surface area (Å²) in [7, 11) is -3.25. The van der Waals surface area contributed by atoms with Gasteiger partial charge in [-0.05, 0) is 48.1 Å². The minimum atomic E-state index is -3.25. The molecule has 0 saturated carbocycles. The number of carbonyl (C=O) groups excluding carboxylic acids is 1. The summed E-state index contributed by atoms with van der Waals surface area (Å²) >= 11 is 12.8. The Bertz CT molecular complexity index is 1130. The average molecular weight is 517 g/mol. The predicted molar refractivity (Wildman–Crippen MR) is 128 cm³/mol. The Hall–Kier alpha value is -1.87. The van der Waals surface area contributed by atoms with Crippen LogP contribution in [0.15, 0.2) is 30.3 Å². The lowest BCUT2D eigenvalue weighted by atomic mass is 9.97. The van der Waals surface area contributed by atoms with E-state index in [1.165, 1.54) is 22.7 Å². The standard InChI is InChI=1S/C23H27Cl2FN2O4S/c1-14(2)17-10-18(26)12-19(11-17)32-22-20(24)5-4-16(21(22)25)13-27-23(29)15-6-8-28(9-7-15)33(3,30)31/h4-5,10-12,14-15H,6-9,13H2,1-3H3,(H,27,29). The van der Waals surface area contributed by atoms with Crippen LogP contribution in [0.2, 0.25) is 10.0 Å². The molecule has 180 valence electrons. The molecule has 0 spiro atoms. The molecule has 1 aliphatic heterocycles. The number of hydrogen-bond acceptors (Lipinski definition) is 4. The molecule has 1 aliphatic rings. The van der Waals surface area contributed by atoms with Crippen LogP contribution < -0.4 is 10.1 Å². The zero-order chi connectivity index (χ0) is 24.3. The fourth-order valence-corrected chi connectivity index (χ4v) is 5.06. The summed E-state index contributed by atoms with van der Waals surface area (Å²) in [6.07, 6.45) is 2.09. The number of nitrogens with one attached hydrogen (secondary N) is 1. The number of carbonyl (C=O) groups is 1. The summed E-state index contributed by atoms with van der Waals surface area (Å²) in [5, 5.41) is 3.35. The van der Waals surface area contributed by atoms with Crippen molar-refractivity contribution in [2.75, 3.05) is 19.3 Å². The highest BCUT2D eigenvalue weighted by atomic mass is 35.5. The van der Waals surface area contributed by atoms with Crippen molar-refractivity contribution in [1.29, 1.82) is 0 Å². The maximum absolute atomic E-state index is 14.0. The van der Waals surface area contributed by atoms with Crippen molar-refractivity contribution in [1.82, 2.24) is 9.62 Å². The van der Waals surface area contributed by atoms with Crippen molar-refractivity contribution in [2.24, 2.45) is 5.92 Å². The first-order chi connectivity index (χ1) is 15.5. The van der Waals surface area contributed by atoms with Crippen LogP contribution in [0.1, 0.15) is 43.7 Å². The van der Waals surface area contributed by atoms with Crippen LogP contribution in [-0.4, -0.2) is 38.0 Å². The number of rotatable bonds is 7. The Morgan fingerprint density at radius 1 is 1.21 bits per heavy atom. The van der Waals surface area contributed by atoms with Crippen LogP contribution in [0, 0.1) is 11.7 Å². The van der Waals surface area contributed by atoms with E-state index in [1.54, 1.807) is 18.2 Å². The molecule has 1 heterocycles. The molecule has 0 atom stereocenters. The maximum Gasteiger partial charge on any atom is 0.223 e. The molecule has 2 aromatic carbocycles. The average Bonchev–Trinajstić information content (AvgIpc) is 2.75. The summed E-state index contributed by atoms with van der Waals surface area (Å²) in [6, 6.07) is 7.74. The molecule has 0 aromatic heterocycles. The summed E-state index contributed by atoms with van der Waals surface area (Å²) in [5.74, 6) is -0.281. The Morgan fingerprint density at radius 3 is 2.48 bits per heavy atom. The third kappa shape index (κ3) is 6.59. The summed E-state index contributed by atoms with van der Waals surface area (Å²) in [6.45, 7) is 4.70. The highest BCUT2D eigenvalue weighted by Crippen LogP contribution is 2.39. The second kappa shape index (κ2) is 10.6. The van der Waals surface area contributed by atoms with Crippen molar-refractivity contribution in [2.45, 2.75) is 39.2 Å². The number of ether oxygens (including phenoxy) is 1. The minimum Gasteiger partial charge on any atom is -0.454 e. The van der Waals surface area contributed by atoms with Crippen molar-refractivity contribution < 1.29 is 22.3 Å². The number of benzene rings is 2. The van der Waals surface area contributed by atoms with Gasteiger partial charge in [-0.2, -0.15) is 0 Å². The second-order valence-electron chi connectivity index (χ2n) is 8.48. The van der Waals surface area contributed by atoms with Gasteiger partial charge in [-0.3, -0.25) is 4.79 Å². The zero-order valence-corrected chi connectivity index (χ0v) is 21.0. The molecule has 2 aromatic rings. The van der Waals surface area contributed by atoms with E-state index in [2.05, 4.69) is 5.32 Å². The molecule has 0 bridgehead atoms. The van der Waals surface area contributed by atoms with E-state index < -0.39 is 15.8 Å². The second-order valence-corrected chi connectivity index (χ2v) is 11.2. The molecule has 1 fully saturated rings. The summed E-state index contributed by atoms with van der Waals surface area (Å²) in [4.78, 5) is 12.6. The Labute approximate surface area is 204 Å². The van der Waals surface area contributed by atoms with Gasteiger partial charge in [0, 0.05) is 31.6 Å². The number of amides is 1. The first-order valence-corrected chi connectivity index (χ1v) is 13.2. The molecule has 3 rings (SSSR count). The predicted octanol–water partition coefficient (Wildman–Crippen LogP) is 5.34. The number of piperidine rings is 1. The number of sulfonamides is 1. The van der Waals surface area contributed by atoms with E-state index >= 15 is 0 Å². The van der Waals surface area contributed by atoms with E-state index in [0.717, 1.165) is 5.56 Å². The van der Waals surface area contributed by atoms with Crippen molar-refractivity contribution >= 4 is 39.1 Å². The summed E-state index contributed by atoms with van der Waals surface area (Å²) in [5.41, 5.74) is 1.38. The molecule has 0 radical (unpaired) electrons. The van der Waals surface area contributed by atoms with Crippen LogP contribution in [0.3, 0.4) is 0 Å². The van der Waals surface area contributed by atoms with Gasteiger partial charge in [0.15, 0.2) is 5.75 Å². The van der Waals surface area contributed by atoms with Gasteiger partial charge < -0.3 is 10.1 Å². The smallest absolute Gasteiger partial charge is 0.223 e. The third-order valence-electron chi connectivity index (χ3n) is 5.66. The molecule has 0 aliphatic carbocycles. The molecule has 0 unspecified atom stereocenters. The molecule has 1 amide bonds. The zero-order valence-electron chi connectivity index (χ0n) is 18.7. The Balaban J connectivity index is 1.68. The quantitative estimate of drug-likeness (QED) is 0.539. The highest BCUT2D eigenvalue weighted by Gasteiger charge is 2.29. The van der Waals surface area contributed by atoms with E-state index in [1.807, 2.05) is 13.8 Å². The van der Waals surface area contributed by atoms with Gasteiger partial charge in [0.25, 0.3) is 0 Å². The molecule has 33 heavy (non-hydrogen) atoms. The van der Waals surface area contributed by atoms with Gasteiger partial charge in [0.05, 0.1) is 16.3 Å². The normalized spacial score (nSPS) is 15.6. The number of halogens is 3. The van der Waals surface area contributed by atoms with Gasteiger partial charge in [-0.1, -0.05) is 43.1 Å². The minimum absolute atomic E-state index is 0.111. The number of nitrogens with zero attached hydrogens (tertiary/aromatic N) is 1. The maximum atomic E-state index is 14.0. The van der Waals surface area contributed by atoms with Gasteiger partial charge in [0.2, 0.25) is 15.9 Å². The monoisotopic (exact) mass is 516 g/mol. The largest absolute Gasteiger partial charge is 0.454 e. The van der Waals surface area contributed by atoms with Crippen LogP contribution in [0.25, 0.3) is 0 Å². The van der Waals surface area contributed by atoms with Gasteiger partial charge >= 0.3 is 0 Å². The van der Waals surface area contributed by atoms with Gasteiger partial charge in [-0.25, -0.2) is 17.1 Å². The van der Waals surface area contributed by atoms with Crippen molar-refractivity contribution in [3.63, 3.8) is 0 Å². The number of hydrogen-bond donors (Lipinski definition) is 1. The van der Waals surface area contributed by atoms with E-state index in [0.29, 0.717) is 31.5 Å². The Morgan fingerprint density at radius 2 is 1.88 bits per heavy atom. The van der Waals surface area contributed by atoms with E-state index in [-0.39, 0.29) is 45.8 Å². The van der Waals surface area contributed by atoms with Crippen LogP contribution in [-0.2, 0) is 21.4 Å². The van der Waals surface area contributed by atoms with Gasteiger partial charge in [-0.15, -0.1) is 0 Å². The van der Waals surface area contributed by atoms with Crippen LogP contribution in [0.5, 0.6) is 11.5 Å². The first-order valence-electron chi connectivity index (χ1n) is 10.6. The first kappa shape index (κ1) is 25.7. The van der Waals surface area contributed by atoms with Crippen molar-refractivity contribution in [3.05, 3.63) is 57.3 Å². The van der Waals surface area contributed by atoms with Gasteiger partial charge in [0.1, 0.15) is 11.6 Å². The highest BCUT2D eigenvalue weighted by molar-refractivity contribution is 7.88. The fourth-order valence-electron chi connectivity index (χ4n) is 3.67. The third-order valence-corrected chi connectivity index (χ3v) is 7.67. The Kier molecular flexibility index (Phi) is 8.26. The lowest BCUT2D eigenvalue weighted by Crippen LogP contribution is -2.42. The molecule has 1 saturated heterocycles. The van der Waals surface area contributed by atoms with Crippen LogP contribution >= 0.6 is 23.2 Å². The molecule has 10 heteroatoms. The summed E-state index contributed by atoms with van der Waals surface area (Å²) < 4.78 is 44.5. The lowest BCUT2D eigenvalue weighted by Gasteiger charge is -2.29. The SMILES string of the molecule is CC(C)c1cc(F)cc(Oc2c(Cl)ccc(CNC(=O)C3CCN(S(C)(=O)=O)CC3)c2Cl)c1. The van der Waals surface area contributed by atoms with Crippen LogP contribution in [0.4, 0.5) is 4.39 Å². The molecule has 6 nitrogen and oxygen atoms in total.